The number of nitrogens with one attached hydrogen (secondary N) is 1. The lowest BCUT2D eigenvalue weighted by atomic mass is 10.2. The molecule has 0 spiro atoms. The Bertz CT molecular complexity index is 820. The zero-order chi connectivity index (χ0) is 24.5. The van der Waals surface area contributed by atoms with Crippen LogP contribution >= 0.6 is 0 Å². The van der Waals surface area contributed by atoms with Crippen LogP contribution in [0.5, 0.6) is 0 Å². The van der Waals surface area contributed by atoms with Gasteiger partial charge in [0.1, 0.15) is 0 Å². The molecule has 1 aromatic heterocycles. The molecule has 11 nitrogen and oxygen atoms in total. The lowest BCUT2D eigenvalue weighted by Crippen LogP contribution is -2.49. The van der Waals surface area contributed by atoms with Gasteiger partial charge in [-0.2, -0.15) is 0 Å². The van der Waals surface area contributed by atoms with Crippen molar-refractivity contribution in [2.45, 2.75) is 83.7 Å². The minimum absolute atomic E-state index is 0.127. The van der Waals surface area contributed by atoms with Crippen LogP contribution in [0.4, 0.5) is 0 Å². The molecule has 0 fully saturated rings. The molecule has 186 valence electrons. The summed E-state index contributed by atoms with van der Waals surface area (Å²) in [5.41, 5.74) is -2.77. The van der Waals surface area contributed by atoms with Crippen molar-refractivity contribution < 1.29 is 24.2 Å². The van der Waals surface area contributed by atoms with Crippen LogP contribution < -0.4 is 17.1 Å². The third-order valence-corrected chi connectivity index (χ3v) is 4.92. The first-order valence-electron chi connectivity index (χ1n) is 11.5. The van der Waals surface area contributed by atoms with Crippen LogP contribution in [0.3, 0.4) is 0 Å². The fourth-order valence-electron chi connectivity index (χ4n) is 3.03. The van der Waals surface area contributed by atoms with E-state index in [1.165, 1.54) is 0 Å². The van der Waals surface area contributed by atoms with E-state index in [0.29, 0.717) is 25.7 Å². The Morgan fingerprint density at radius 1 is 0.758 bits per heavy atom. The van der Waals surface area contributed by atoms with E-state index in [0.717, 1.165) is 41.2 Å². The van der Waals surface area contributed by atoms with Gasteiger partial charge in [-0.25, -0.2) is 23.5 Å². The summed E-state index contributed by atoms with van der Waals surface area (Å²) in [7, 11) is 0. The number of hydrogen-bond donors (Lipinski definition) is 2. The smallest absolute Gasteiger partial charge is 0.336 e. The van der Waals surface area contributed by atoms with Gasteiger partial charge >= 0.3 is 29.0 Å². The molecule has 33 heavy (non-hydrogen) atoms. The molecule has 0 aromatic carbocycles. The molecule has 11 heteroatoms. The van der Waals surface area contributed by atoms with Crippen molar-refractivity contribution in [2.75, 3.05) is 19.8 Å². The number of hydrogen-bond acceptors (Lipinski definition) is 8. The molecule has 0 atom stereocenters. The van der Waals surface area contributed by atoms with E-state index in [4.69, 9.17) is 21.5 Å². The van der Waals surface area contributed by atoms with Crippen LogP contribution in [0.25, 0.3) is 0 Å². The van der Waals surface area contributed by atoms with Gasteiger partial charge < -0.3 is 14.6 Å². The zero-order valence-corrected chi connectivity index (χ0v) is 19.1. The summed E-state index contributed by atoms with van der Waals surface area (Å²) in [6.07, 6.45) is 6.67. The van der Waals surface area contributed by atoms with Crippen molar-refractivity contribution in [1.82, 2.24) is 14.1 Å². The average molecular weight is 470 g/mol. The van der Waals surface area contributed by atoms with Gasteiger partial charge in [0, 0.05) is 19.7 Å². The lowest BCUT2D eigenvalue weighted by Gasteiger charge is -2.09. The van der Waals surface area contributed by atoms with E-state index in [-0.39, 0.29) is 45.8 Å². The summed E-state index contributed by atoms with van der Waals surface area (Å²) in [6.45, 7) is 5.49. The van der Waals surface area contributed by atoms with Gasteiger partial charge in [0.25, 0.3) is 0 Å². The second-order valence-corrected chi connectivity index (χ2v) is 7.60. The summed E-state index contributed by atoms with van der Waals surface area (Å²) in [5, 5.41) is 8.71. The molecule has 0 bridgehead atoms. The molecular weight excluding hydrogens is 434 g/mol. The number of H-pyrrole nitrogens is 1. The molecule has 2 N–H and O–H groups in total. The highest BCUT2D eigenvalue weighted by molar-refractivity contribution is 5.69. The minimum atomic E-state index is -0.932. The van der Waals surface area contributed by atoms with Gasteiger partial charge in [0.2, 0.25) is 0 Å². The molecule has 0 aliphatic rings. The Balaban J connectivity index is 2.52. The number of aliphatic hydroxyl groups excluding tert-OH is 1. The first kappa shape index (κ1) is 28.3. The number of aromatic nitrogens is 3. The van der Waals surface area contributed by atoms with E-state index in [9.17, 15) is 24.0 Å². The van der Waals surface area contributed by atoms with E-state index in [1.54, 1.807) is 0 Å². The Labute approximate surface area is 192 Å². The van der Waals surface area contributed by atoms with Crippen LogP contribution in [-0.2, 0) is 32.2 Å². The summed E-state index contributed by atoms with van der Waals surface area (Å²) >= 11 is 0. The highest BCUT2D eigenvalue weighted by Gasteiger charge is 2.13. The highest BCUT2D eigenvalue weighted by Crippen LogP contribution is 2.03. The normalized spacial score (nSPS) is 10.8. The van der Waals surface area contributed by atoms with Gasteiger partial charge in [-0.1, -0.05) is 25.7 Å². The second kappa shape index (κ2) is 16.9. The minimum Gasteiger partial charge on any atom is -0.466 e. The summed E-state index contributed by atoms with van der Waals surface area (Å²) < 4.78 is 11.6. The molecule has 0 saturated heterocycles. The SMILES string of the molecule is [CH]CCCCCCOC(=O)CCn1c(=O)[nH]c(=O)n(CCC(=O)OCCCCCCO)c1=O. The Kier molecular flexibility index (Phi) is 14.5. The third-order valence-electron chi connectivity index (χ3n) is 4.92. The van der Waals surface area contributed by atoms with Gasteiger partial charge in [0.15, 0.2) is 0 Å². The van der Waals surface area contributed by atoms with Crippen LogP contribution in [0.2, 0.25) is 0 Å². The molecule has 1 heterocycles. The fraction of sp³-hybridized carbons (Fsp3) is 0.727. The van der Waals surface area contributed by atoms with Gasteiger partial charge in [-0.3, -0.25) is 14.6 Å². The lowest BCUT2D eigenvalue weighted by molar-refractivity contribution is -0.144. The van der Waals surface area contributed by atoms with Crippen molar-refractivity contribution in [3.05, 3.63) is 38.4 Å². The number of aromatic amines is 1. The Hall–Kier alpha value is -2.69. The summed E-state index contributed by atoms with van der Waals surface area (Å²) in [6, 6.07) is 0. The van der Waals surface area contributed by atoms with Crippen molar-refractivity contribution >= 4 is 11.9 Å². The van der Waals surface area contributed by atoms with E-state index >= 15 is 0 Å². The van der Waals surface area contributed by atoms with E-state index in [1.807, 2.05) is 4.98 Å². The van der Waals surface area contributed by atoms with Crippen molar-refractivity contribution in [3.8, 4) is 0 Å². The molecule has 1 rings (SSSR count). The Morgan fingerprint density at radius 2 is 1.21 bits per heavy atom. The third kappa shape index (κ3) is 11.7. The molecule has 0 amide bonds. The van der Waals surface area contributed by atoms with E-state index in [2.05, 4.69) is 0 Å². The summed E-state index contributed by atoms with van der Waals surface area (Å²) in [4.78, 5) is 62.3. The number of unbranched alkanes of at least 4 members (excludes halogenated alkanes) is 7. The zero-order valence-electron chi connectivity index (χ0n) is 19.1. The average Bonchev–Trinajstić information content (AvgIpc) is 2.78. The van der Waals surface area contributed by atoms with Gasteiger partial charge in [-0.05, 0) is 39.0 Å². The maximum atomic E-state index is 12.5. The van der Waals surface area contributed by atoms with Crippen molar-refractivity contribution in [2.24, 2.45) is 0 Å². The molecule has 0 unspecified atom stereocenters. The second-order valence-electron chi connectivity index (χ2n) is 7.60. The largest absolute Gasteiger partial charge is 0.466 e. The Morgan fingerprint density at radius 3 is 1.67 bits per heavy atom. The number of carbonyl (C=O) groups is 2. The number of ether oxygens (including phenoxy) is 2. The number of aliphatic hydroxyl groups is 1. The highest BCUT2D eigenvalue weighted by atomic mass is 16.5. The van der Waals surface area contributed by atoms with Crippen LogP contribution in [-0.4, -0.2) is 51.0 Å². The van der Waals surface area contributed by atoms with Gasteiger partial charge in [0.05, 0.1) is 26.1 Å². The first-order valence-corrected chi connectivity index (χ1v) is 11.5. The molecule has 0 aliphatic heterocycles. The standard InChI is InChI=1S/C22H35N3O8/c1-2-3-4-6-9-16-32-18(27)11-13-24-20(29)23-21(30)25(22(24)31)14-12-19(28)33-17-10-7-5-8-15-26/h1,26H,2-17H2,(H,23,29,30). The molecule has 0 aliphatic carbocycles. The van der Waals surface area contributed by atoms with E-state index < -0.39 is 29.0 Å². The van der Waals surface area contributed by atoms with Gasteiger partial charge in [-0.15, -0.1) is 0 Å². The number of rotatable bonds is 18. The first-order chi connectivity index (χ1) is 15.9. The monoisotopic (exact) mass is 469 g/mol. The van der Waals surface area contributed by atoms with Crippen LogP contribution in [0.1, 0.15) is 70.6 Å². The number of nitrogens with zero attached hydrogens (tertiary/aromatic N) is 2. The van der Waals surface area contributed by atoms with Crippen LogP contribution in [0, 0.1) is 6.92 Å². The number of carbonyl (C=O) groups excluding carboxylic acids is 2. The molecular formula is C22H35N3O8. The molecule has 1 aromatic rings. The molecule has 2 radical (unpaired) electrons. The molecule has 0 saturated carbocycles. The summed E-state index contributed by atoms with van der Waals surface area (Å²) in [5.74, 6) is -1.13. The maximum Gasteiger partial charge on any atom is 0.336 e. The maximum absolute atomic E-state index is 12.5. The van der Waals surface area contributed by atoms with Crippen molar-refractivity contribution in [1.29, 1.82) is 0 Å². The predicted octanol–water partition coefficient (Wildman–Crippen LogP) is 0.779. The van der Waals surface area contributed by atoms with Crippen LogP contribution in [0.15, 0.2) is 14.4 Å². The number of esters is 2. The quantitative estimate of drug-likeness (QED) is 0.237. The fourth-order valence-corrected chi connectivity index (χ4v) is 3.03. The van der Waals surface area contributed by atoms with Crippen molar-refractivity contribution in [3.63, 3.8) is 0 Å². The predicted molar refractivity (Wildman–Crippen MR) is 120 cm³/mol. The topological polar surface area (TPSA) is 150 Å².